The lowest BCUT2D eigenvalue weighted by Gasteiger charge is -2.06. The van der Waals surface area contributed by atoms with Crippen LogP contribution < -0.4 is 11.1 Å². The van der Waals surface area contributed by atoms with Gasteiger partial charge in [-0.2, -0.15) is 0 Å². The van der Waals surface area contributed by atoms with E-state index in [-0.39, 0.29) is 0 Å². The van der Waals surface area contributed by atoms with E-state index in [4.69, 9.17) is 15.2 Å². The predicted octanol–water partition coefficient (Wildman–Crippen LogP) is 8.95. The number of hydrogen-bond donors (Lipinski definition) is 2. The van der Waals surface area contributed by atoms with E-state index in [1.807, 2.05) is 0 Å². The van der Waals surface area contributed by atoms with Gasteiger partial charge in [0.05, 0.1) is 0 Å². The van der Waals surface area contributed by atoms with Crippen molar-refractivity contribution < 1.29 is 9.47 Å². The molecule has 4 nitrogen and oxygen atoms in total. The maximum Gasteiger partial charge on any atom is 0.0478 e. The van der Waals surface area contributed by atoms with E-state index in [9.17, 15) is 0 Å². The molecule has 0 aromatic rings. The van der Waals surface area contributed by atoms with E-state index in [2.05, 4.69) is 12.2 Å². The summed E-state index contributed by atoms with van der Waals surface area (Å²) in [6.45, 7) is 8.94. The third-order valence-corrected chi connectivity index (χ3v) is 7.17. The molecule has 0 aromatic carbocycles. The third kappa shape index (κ3) is 33.8. The number of hydrogen-bond acceptors (Lipinski definition) is 4. The van der Waals surface area contributed by atoms with Crippen LogP contribution in [0.25, 0.3) is 0 Å². The Morgan fingerprint density at radius 2 is 0.694 bits per heavy atom. The zero-order valence-electron chi connectivity index (χ0n) is 24.8. The molecule has 3 N–H and O–H groups in total. The van der Waals surface area contributed by atoms with E-state index >= 15 is 0 Å². The van der Waals surface area contributed by atoms with Crippen LogP contribution in [0.15, 0.2) is 0 Å². The fraction of sp³-hybridized carbons (Fsp3) is 1.00. The van der Waals surface area contributed by atoms with Crippen molar-refractivity contribution in [2.75, 3.05) is 46.1 Å². The largest absolute Gasteiger partial charge is 0.381 e. The summed E-state index contributed by atoms with van der Waals surface area (Å²) in [5, 5.41) is 3.39. The Bertz CT molecular complexity index is 334. The lowest BCUT2D eigenvalue weighted by Crippen LogP contribution is -2.20. The zero-order chi connectivity index (χ0) is 26.0. The lowest BCUT2D eigenvalue weighted by atomic mass is 10.1. The van der Waals surface area contributed by atoms with E-state index in [0.717, 1.165) is 58.9 Å². The third-order valence-electron chi connectivity index (χ3n) is 7.17. The number of nitrogens with two attached hydrogens (primary N) is 1. The van der Waals surface area contributed by atoms with E-state index in [0.29, 0.717) is 0 Å². The summed E-state index contributed by atoms with van der Waals surface area (Å²) in [4.78, 5) is 0. The molecule has 0 fully saturated rings. The summed E-state index contributed by atoms with van der Waals surface area (Å²) >= 11 is 0. The fourth-order valence-corrected chi connectivity index (χ4v) is 4.72. The maximum absolute atomic E-state index is 5.83. The summed E-state index contributed by atoms with van der Waals surface area (Å²) in [7, 11) is 0. The van der Waals surface area contributed by atoms with Gasteiger partial charge in [-0.05, 0) is 51.7 Å². The lowest BCUT2D eigenvalue weighted by molar-refractivity contribution is 0.125. The molecule has 0 radical (unpaired) electrons. The highest BCUT2D eigenvalue weighted by Crippen LogP contribution is 2.13. The minimum atomic E-state index is 0.777. The van der Waals surface area contributed by atoms with Crippen LogP contribution >= 0.6 is 0 Å². The SMILES string of the molecule is CCCCCCCCCCCCOCCCCCCCCCCCCCCOCCCNCCCN. The Labute approximate surface area is 227 Å². The van der Waals surface area contributed by atoms with Crippen molar-refractivity contribution >= 4 is 0 Å². The standard InChI is InChI=1S/C32H68N2O2/c1-2-3-4-5-6-7-12-15-18-21-29-35-30-22-19-16-13-10-8-9-11-14-17-20-23-31-36-32-25-28-34-27-24-26-33/h34H,2-33H2,1H3. The number of nitrogens with one attached hydrogen (secondary N) is 1. The first-order valence-corrected chi connectivity index (χ1v) is 16.5. The van der Waals surface area contributed by atoms with Crippen molar-refractivity contribution in [3.63, 3.8) is 0 Å². The molecular formula is C32H68N2O2. The molecule has 4 heteroatoms. The van der Waals surface area contributed by atoms with Gasteiger partial charge in [-0.3, -0.25) is 0 Å². The molecule has 0 unspecified atom stereocenters. The highest BCUT2D eigenvalue weighted by Gasteiger charge is 1.96. The molecule has 0 rings (SSSR count). The predicted molar refractivity (Wildman–Crippen MR) is 160 cm³/mol. The number of rotatable bonds is 33. The summed E-state index contributed by atoms with van der Waals surface area (Å²) < 4.78 is 11.6. The molecule has 0 aromatic heterocycles. The van der Waals surface area contributed by atoms with Crippen molar-refractivity contribution in [3.05, 3.63) is 0 Å². The van der Waals surface area contributed by atoms with Crippen LogP contribution in [0.5, 0.6) is 0 Å². The van der Waals surface area contributed by atoms with Gasteiger partial charge in [-0.15, -0.1) is 0 Å². The van der Waals surface area contributed by atoms with Gasteiger partial charge in [-0.25, -0.2) is 0 Å². The molecule has 0 aliphatic carbocycles. The van der Waals surface area contributed by atoms with Gasteiger partial charge in [0, 0.05) is 26.4 Å². The topological polar surface area (TPSA) is 56.5 Å². The molecule has 0 atom stereocenters. The summed E-state index contributed by atoms with van der Waals surface area (Å²) in [6.07, 6.45) is 32.6. The van der Waals surface area contributed by atoms with Crippen molar-refractivity contribution in [2.45, 2.75) is 161 Å². The van der Waals surface area contributed by atoms with Crippen LogP contribution in [-0.2, 0) is 9.47 Å². The van der Waals surface area contributed by atoms with Crippen molar-refractivity contribution in [2.24, 2.45) is 5.73 Å². The second-order valence-electron chi connectivity index (χ2n) is 10.9. The summed E-state index contributed by atoms with van der Waals surface area (Å²) in [5.41, 5.74) is 5.48. The average Bonchev–Trinajstić information content (AvgIpc) is 2.89. The van der Waals surface area contributed by atoms with Gasteiger partial charge in [0.15, 0.2) is 0 Å². The highest BCUT2D eigenvalue weighted by molar-refractivity contribution is 4.51. The second kappa shape index (κ2) is 34.8. The highest BCUT2D eigenvalue weighted by atomic mass is 16.5. The van der Waals surface area contributed by atoms with Gasteiger partial charge in [0.25, 0.3) is 0 Å². The molecular weight excluding hydrogens is 444 g/mol. The normalized spacial score (nSPS) is 11.5. The molecule has 0 spiro atoms. The number of ether oxygens (including phenoxy) is 2. The van der Waals surface area contributed by atoms with Crippen molar-refractivity contribution in [1.29, 1.82) is 0 Å². The minimum Gasteiger partial charge on any atom is -0.381 e. The van der Waals surface area contributed by atoms with E-state index < -0.39 is 0 Å². The zero-order valence-corrected chi connectivity index (χ0v) is 24.8. The Balaban J connectivity index is 3.00. The quantitative estimate of drug-likeness (QED) is 0.0861. The van der Waals surface area contributed by atoms with Crippen LogP contribution in [0, 0.1) is 0 Å². The molecule has 0 heterocycles. The maximum atomic E-state index is 5.83. The smallest absolute Gasteiger partial charge is 0.0478 e. The van der Waals surface area contributed by atoms with Crippen LogP contribution in [0.3, 0.4) is 0 Å². The molecule has 0 bridgehead atoms. The molecule has 0 aliphatic rings. The van der Waals surface area contributed by atoms with Gasteiger partial charge in [-0.1, -0.05) is 129 Å². The van der Waals surface area contributed by atoms with Gasteiger partial charge < -0.3 is 20.5 Å². The molecule has 0 saturated heterocycles. The average molecular weight is 513 g/mol. The Kier molecular flexibility index (Phi) is 34.7. The summed E-state index contributed by atoms with van der Waals surface area (Å²) in [5.74, 6) is 0. The molecule has 0 saturated carbocycles. The van der Waals surface area contributed by atoms with Crippen LogP contribution in [0.4, 0.5) is 0 Å². The fourth-order valence-electron chi connectivity index (χ4n) is 4.72. The summed E-state index contributed by atoms with van der Waals surface area (Å²) in [6, 6.07) is 0. The minimum absolute atomic E-state index is 0.777. The van der Waals surface area contributed by atoms with Crippen LogP contribution in [0.1, 0.15) is 161 Å². The van der Waals surface area contributed by atoms with Crippen molar-refractivity contribution in [1.82, 2.24) is 5.32 Å². The molecule has 218 valence electrons. The molecule has 36 heavy (non-hydrogen) atoms. The van der Waals surface area contributed by atoms with Crippen LogP contribution in [0.2, 0.25) is 0 Å². The second-order valence-corrected chi connectivity index (χ2v) is 10.9. The molecule has 0 aliphatic heterocycles. The van der Waals surface area contributed by atoms with E-state index in [1.54, 1.807) is 0 Å². The first kappa shape index (κ1) is 35.8. The molecule has 0 amide bonds. The first-order valence-electron chi connectivity index (χ1n) is 16.5. The first-order chi connectivity index (χ1) is 17.9. The monoisotopic (exact) mass is 513 g/mol. The number of unbranched alkanes of at least 4 members (excludes halogenated alkanes) is 20. The van der Waals surface area contributed by atoms with Gasteiger partial charge >= 0.3 is 0 Å². The van der Waals surface area contributed by atoms with Gasteiger partial charge in [0.2, 0.25) is 0 Å². The van der Waals surface area contributed by atoms with Crippen LogP contribution in [-0.4, -0.2) is 46.1 Å². The Hall–Kier alpha value is -0.160. The Morgan fingerprint density at radius 3 is 1.06 bits per heavy atom. The van der Waals surface area contributed by atoms with E-state index in [1.165, 1.54) is 141 Å². The van der Waals surface area contributed by atoms with Crippen molar-refractivity contribution in [3.8, 4) is 0 Å². The Morgan fingerprint density at radius 1 is 0.389 bits per heavy atom. The van der Waals surface area contributed by atoms with Gasteiger partial charge in [0.1, 0.15) is 0 Å².